The van der Waals surface area contributed by atoms with Gasteiger partial charge in [-0.25, -0.2) is 0 Å². The number of benzene rings is 1. The highest BCUT2D eigenvalue weighted by molar-refractivity contribution is 7.80. The maximum Gasteiger partial charge on any atom is 0.106 e. The van der Waals surface area contributed by atoms with Crippen molar-refractivity contribution in [2.24, 2.45) is 11.7 Å². The molecule has 0 spiro atoms. The Morgan fingerprint density at radius 3 is 2.50 bits per heavy atom. The van der Waals surface area contributed by atoms with E-state index in [-0.39, 0.29) is 0 Å². The Kier molecular flexibility index (Phi) is 6.43. The van der Waals surface area contributed by atoms with Crippen LogP contribution in [0.1, 0.15) is 31.4 Å². The summed E-state index contributed by atoms with van der Waals surface area (Å²) in [5, 5.41) is 3.65. The van der Waals surface area contributed by atoms with E-state index in [4.69, 9.17) is 18.0 Å². The molecule has 0 aliphatic heterocycles. The first-order valence-corrected chi connectivity index (χ1v) is 7.52. The largest absolute Gasteiger partial charge is 0.389 e. The van der Waals surface area contributed by atoms with Crippen molar-refractivity contribution < 1.29 is 0 Å². The standard InChI is InChI=1S/C16H27N3S/c1-11(2)9-13(10-19(4)5)18-15-12(3)7-6-8-14(15)16(17)20/h6-8,11,13,18H,9-10H2,1-5H3,(H2,17,20). The second-order valence-corrected chi connectivity index (χ2v) is 6.53. The smallest absolute Gasteiger partial charge is 0.106 e. The lowest BCUT2D eigenvalue weighted by molar-refractivity contribution is 0.356. The minimum absolute atomic E-state index is 0.388. The molecule has 1 unspecified atom stereocenters. The molecule has 0 amide bonds. The fraction of sp³-hybridized carbons (Fsp3) is 0.562. The molecule has 0 radical (unpaired) electrons. The van der Waals surface area contributed by atoms with Crippen LogP contribution >= 0.6 is 12.2 Å². The molecule has 20 heavy (non-hydrogen) atoms. The number of hydrogen-bond donors (Lipinski definition) is 2. The van der Waals surface area contributed by atoms with Crippen molar-refractivity contribution in [3.8, 4) is 0 Å². The van der Waals surface area contributed by atoms with Gasteiger partial charge in [0.15, 0.2) is 0 Å². The zero-order valence-electron chi connectivity index (χ0n) is 13.2. The molecule has 0 heterocycles. The van der Waals surface area contributed by atoms with Crippen molar-refractivity contribution in [1.29, 1.82) is 0 Å². The number of likely N-dealkylation sites (N-methyl/N-ethyl adjacent to an activating group) is 1. The maximum absolute atomic E-state index is 5.84. The molecule has 1 atom stereocenters. The highest BCUT2D eigenvalue weighted by atomic mass is 32.1. The van der Waals surface area contributed by atoms with E-state index in [1.807, 2.05) is 12.1 Å². The van der Waals surface area contributed by atoms with Crippen LogP contribution in [-0.4, -0.2) is 36.6 Å². The summed E-state index contributed by atoms with van der Waals surface area (Å²) in [5.41, 5.74) is 9.04. The molecule has 0 bridgehead atoms. The number of anilines is 1. The van der Waals surface area contributed by atoms with Crippen LogP contribution in [0.5, 0.6) is 0 Å². The molecule has 3 nitrogen and oxygen atoms in total. The third-order valence-electron chi connectivity index (χ3n) is 3.23. The SMILES string of the molecule is Cc1cccc(C(N)=S)c1NC(CC(C)C)CN(C)C. The fourth-order valence-electron chi connectivity index (χ4n) is 2.46. The number of thiocarbonyl (C=S) groups is 1. The quantitative estimate of drug-likeness (QED) is 0.758. The number of rotatable bonds is 7. The van der Waals surface area contributed by atoms with Gasteiger partial charge >= 0.3 is 0 Å². The van der Waals surface area contributed by atoms with Crippen LogP contribution in [0.2, 0.25) is 0 Å². The van der Waals surface area contributed by atoms with Gasteiger partial charge in [-0.2, -0.15) is 0 Å². The molecule has 4 heteroatoms. The van der Waals surface area contributed by atoms with Gasteiger partial charge in [0.2, 0.25) is 0 Å². The Morgan fingerprint density at radius 2 is 2.00 bits per heavy atom. The highest BCUT2D eigenvalue weighted by Crippen LogP contribution is 2.23. The Bertz CT molecular complexity index is 445. The molecular weight excluding hydrogens is 266 g/mol. The Hall–Kier alpha value is -1.13. The minimum Gasteiger partial charge on any atom is -0.389 e. The van der Waals surface area contributed by atoms with E-state index in [0.29, 0.717) is 16.9 Å². The molecular formula is C16H27N3S. The number of hydrogen-bond acceptors (Lipinski definition) is 3. The highest BCUT2D eigenvalue weighted by Gasteiger charge is 2.16. The molecule has 1 aromatic carbocycles. The normalized spacial score (nSPS) is 12.8. The van der Waals surface area contributed by atoms with E-state index in [0.717, 1.165) is 24.2 Å². The van der Waals surface area contributed by atoms with Gasteiger partial charge in [-0.15, -0.1) is 0 Å². The fourth-order valence-corrected chi connectivity index (χ4v) is 2.63. The third-order valence-corrected chi connectivity index (χ3v) is 3.45. The van der Waals surface area contributed by atoms with Crippen LogP contribution in [-0.2, 0) is 0 Å². The molecule has 1 aromatic rings. The Balaban J connectivity index is 3.00. The number of nitrogens with two attached hydrogens (primary N) is 1. The summed E-state index contributed by atoms with van der Waals surface area (Å²) in [6.45, 7) is 7.57. The summed E-state index contributed by atoms with van der Waals surface area (Å²) in [6.07, 6.45) is 1.11. The number of para-hydroxylation sites is 1. The van der Waals surface area contributed by atoms with Crippen molar-refractivity contribution in [2.75, 3.05) is 26.0 Å². The molecule has 0 saturated carbocycles. The van der Waals surface area contributed by atoms with Crippen LogP contribution in [0.4, 0.5) is 5.69 Å². The van der Waals surface area contributed by atoms with Gasteiger partial charge in [0.1, 0.15) is 4.99 Å². The van der Waals surface area contributed by atoms with Gasteiger partial charge in [0.05, 0.1) is 0 Å². The van der Waals surface area contributed by atoms with Crippen molar-refractivity contribution >= 4 is 22.9 Å². The van der Waals surface area contributed by atoms with Gasteiger partial charge in [-0.05, 0) is 45.0 Å². The van der Waals surface area contributed by atoms with E-state index in [1.54, 1.807) is 0 Å². The van der Waals surface area contributed by atoms with Crippen molar-refractivity contribution in [3.05, 3.63) is 29.3 Å². The lowest BCUT2D eigenvalue weighted by Crippen LogP contribution is -2.34. The predicted molar refractivity (Wildman–Crippen MR) is 92.5 cm³/mol. The van der Waals surface area contributed by atoms with Crippen molar-refractivity contribution in [2.45, 2.75) is 33.2 Å². The van der Waals surface area contributed by atoms with Crippen LogP contribution in [0.15, 0.2) is 18.2 Å². The number of aryl methyl sites for hydroxylation is 1. The molecule has 0 saturated heterocycles. The van der Waals surface area contributed by atoms with Crippen LogP contribution in [0.25, 0.3) is 0 Å². The molecule has 112 valence electrons. The van der Waals surface area contributed by atoms with E-state index in [9.17, 15) is 0 Å². The lowest BCUT2D eigenvalue weighted by atomic mass is 10.0. The first-order valence-electron chi connectivity index (χ1n) is 7.12. The average molecular weight is 293 g/mol. The van der Waals surface area contributed by atoms with Crippen molar-refractivity contribution in [1.82, 2.24) is 4.90 Å². The monoisotopic (exact) mass is 293 g/mol. The third kappa shape index (κ3) is 5.10. The van der Waals surface area contributed by atoms with Gasteiger partial charge in [-0.1, -0.05) is 38.2 Å². The second kappa shape index (κ2) is 7.60. The number of nitrogens with zero attached hydrogens (tertiary/aromatic N) is 1. The van der Waals surface area contributed by atoms with Gasteiger partial charge in [-0.3, -0.25) is 0 Å². The van der Waals surface area contributed by atoms with Gasteiger partial charge < -0.3 is 16.0 Å². The maximum atomic E-state index is 5.84. The first-order chi connectivity index (χ1) is 9.31. The van der Waals surface area contributed by atoms with Crippen LogP contribution in [0, 0.1) is 12.8 Å². The number of nitrogens with one attached hydrogen (secondary N) is 1. The molecule has 0 fully saturated rings. The van der Waals surface area contributed by atoms with E-state index >= 15 is 0 Å². The molecule has 0 aliphatic rings. The summed E-state index contributed by atoms with van der Waals surface area (Å²) < 4.78 is 0. The zero-order chi connectivity index (χ0) is 15.3. The molecule has 0 aromatic heterocycles. The summed E-state index contributed by atoms with van der Waals surface area (Å²) in [6, 6.07) is 6.46. The second-order valence-electron chi connectivity index (χ2n) is 6.09. The molecule has 1 rings (SSSR count). The van der Waals surface area contributed by atoms with Gasteiger partial charge in [0, 0.05) is 23.8 Å². The Morgan fingerprint density at radius 1 is 1.35 bits per heavy atom. The average Bonchev–Trinajstić information content (AvgIpc) is 2.29. The molecule has 0 aliphatic carbocycles. The minimum atomic E-state index is 0.388. The zero-order valence-corrected chi connectivity index (χ0v) is 14.1. The van der Waals surface area contributed by atoms with Crippen LogP contribution < -0.4 is 11.1 Å². The van der Waals surface area contributed by atoms with E-state index in [1.165, 1.54) is 5.56 Å². The molecule has 3 N–H and O–H groups in total. The lowest BCUT2D eigenvalue weighted by Gasteiger charge is -2.27. The van der Waals surface area contributed by atoms with Gasteiger partial charge in [0.25, 0.3) is 0 Å². The van der Waals surface area contributed by atoms with Crippen molar-refractivity contribution in [3.63, 3.8) is 0 Å². The summed E-state index contributed by atoms with van der Waals surface area (Å²) in [5.74, 6) is 0.643. The Labute approximate surface area is 128 Å². The summed E-state index contributed by atoms with van der Waals surface area (Å²) in [4.78, 5) is 2.66. The topological polar surface area (TPSA) is 41.3 Å². The predicted octanol–water partition coefficient (Wildman–Crippen LogP) is 3.02. The summed E-state index contributed by atoms with van der Waals surface area (Å²) >= 11 is 5.16. The summed E-state index contributed by atoms with van der Waals surface area (Å²) in [7, 11) is 4.20. The van der Waals surface area contributed by atoms with E-state index < -0.39 is 0 Å². The van der Waals surface area contributed by atoms with Crippen LogP contribution in [0.3, 0.4) is 0 Å². The van der Waals surface area contributed by atoms with E-state index in [2.05, 4.69) is 51.1 Å². The first kappa shape index (κ1) is 16.9.